The second kappa shape index (κ2) is 6.99. The third-order valence-electron chi connectivity index (χ3n) is 3.67. The third kappa shape index (κ3) is 4.08. The summed E-state index contributed by atoms with van der Waals surface area (Å²) in [7, 11) is 1.77. The minimum Gasteiger partial charge on any atom is -0.439 e. The minimum absolute atomic E-state index is 0.0561. The van der Waals surface area contributed by atoms with Crippen molar-refractivity contribution in [2.75, 3.05) is 11.9 Å². The maximum Gasteiger partial charge on any atom is 0.415 e. The van der Waals surface area contributed by atoms with Crippen molar-refractivity contribution in [3.8, 4) is 17.5 Å². The number of rotatable bonds is 5. The molecule has 0 aliphatic carbocycles. The molecule has 3 aromatic rings. The zero-order chi connectivity index (χ0) is 18.7. The van der Waals surface area contributed by atoms with Crippen molar-refractivity contribution < 1.29 is 13.9 Å². The van der Waals surface area contributed by atoms with Gasteiger partial charge < -0.3 is 14.5 Å². The Morgan fingerprint density at radius 3 is 2.62 bits per heavy atom. The van der Waals surface area contributed by atoms with Crippen molar-refractivity contribution in [2.45, 2.75) is 26.2 Å². The number of hydrogen-bond donors (Lipinski definition) is 1. The van der Waals surface area contributed by atoms with E-state index in [9.17, 15) is 4.79 Å². The molecule has 0 aliphatic heterocycles. The van der Waals surface area contributed by atoms with Crippen LogP contribution in [0.15, 0.2) is 40.8 Å². The van der Waals surface area contributed by atoms with Crippen molar-refractivity contribution in [2.24, 2.45) is 7.05 Å². The van der Waals surface area contributed by atoms with E-state index in [1.165, 1.54) is 0 Å². The SMILES string of the molecule is Cn1nc(C(C)(C)C)cc1NC(=O)COc1nnc(-c2ccccc2)o1. The van der Waals surface area contributed by atoms with Crippen LogP contribution >= 0.6 is 0 Å². The Balaban J connectivity index is 1.58. The van der Waals surface area contributed by atoms with Gasteiger partial charge >= 0.3 is 6.08 Å². The molecule has 0 spiro atoms. The second-order valence-electron chi connectivity index (χ2n) is 6.86. The molecular formula is C18H21N5O3. The van der Waals surface area contributed by atoms with Gasteiger partial charge in [0.2, 0.25) is 0 Å². The first kappa shape index (κ1) is 17.7. The van der Waals surface area contributed by atoms with Crippen molar-refractivity contribution in [1.82, 2.24) is 20.0 Å². The van der Waals surface area contributed by atoms with E-state index in [-0.39, 0.29) is 24.0 Å². The molecule has 3 rings (SSSR count). The Morgan fingerprint density at radius 1 is 1.23 bits per heavy atom. The number of aryl methyl sites for hydroxylation is 1. The molecule has 0 bridgehead atoms. The summed E-state index contributed by atoms with van der Waals surface area (Å²) in [5.41, 5.74) is 1.57. The number of amides is 1. The lowest BCUT2D eigenvalue weighted by molar-refractivity contribution is -0.118. The van der Waals surface area contributed by atoms with Crippen LogP contribution < -0.4 is 10.1 Å². The highest BCUT2D eigenvalue weighted by Gasteiger charge is 2.20. The number of carbonyl (C=O) groups is 1. The van der Waals surface area contributed by atoms with Crippen LogP contribution in [0.5, 0.6) is 6.08 Å². The fourth-order valence-electron chi connectivity index (χ4n) is 2.22. The van der Waals surface area contributed by atoms with Gasteiger partial charge in [0.1, 0.15) is 5.82 Å². The molecule has 0 saturated heterocycles. The molecule has 0 fully saturated rings. The highest BCUT2D eigenvalue weighted by Crippen LogP contribution is 2.23. The maximum absolute atomic E-state index is 12.1. The van der Waals surface area contributed by atoms with Gasteiger partial charge in [-0.3, -0.25) is 9.48 Å². The topological polar surface area (TPSA) is 95.1 Å². The largest absolute Gasteiger partial charge is 0.439 e. The van der Waals surface area contributed by atoms with Gasteiger partial charge in [0.25, 0.3) is 11.8 Å². The highest BCUT2D eigenvalue weighted by molar-refractivity contribution is 5.91. The van der Waals surface area contributed by atoms with Crippen molar-refractivity contribution in [3.63, 3.8) is 0 Å². The van der Waals surface area contributed by atoms with E-state index in [1.807, 2.05) is 36.4 Å². The fraction of sp³-hybridized carbons (Fsp3) is 0.333. The number of hydrogen-bond acceptors (Lipinski definition) is 6. The van der Waals surface area contributed by atoms with Crippen molar-refractivity contribution in [1.29, 1.82) is 0 Å². The van der Waals surface area contributed by atoms with Crippen LogP contribution in [0, 0.1) is 0 Å². The van der Waals surface area contributed by atoms with Crippen molar-refractivity contribution >= 4 is 11.7 Å². The predicted molar refractivity (Wildman–Crippen MR) is 95.8 cm³/mol. The average molecular weight is 355 g/mol. The Bertz CT molecular complexity index is 893. The Kier molecular flexibility index (Phi) is 4.75. The molecule has 0 aliphatic rings. The normalized spacial score (nSPS) is 11.4. The van der Waals surface area contributed by atoms with E-state index in [0.717, 1.165) is 11.3 Å². The van der Waals surface area contributed by atoms with Gasteiger partial charge in [-0.25, -0.2) is 0 Å². The van der Waals surface area contributed by atoms with Gasteiger partial charge in [-0.05, 0) is 12.1 Å². The predicted octanol–water partition coefficient (Wildman–Crippen LogP) is 2.79. The van der Waals surface area contributed by atoms with Crippen LogP contribution in [0.2, 0.25) is 0 Å². The summed E-state index contributed by atoms with van der Waals surface area (Å²) >= 11 is 0. The number of benzene rings is 1. The van der Waals surface area contributed by atoms with Crippen LogP contribution in [-0.2, 0) is 17.3 Å². The lowest BCUT2D eigenvalue weighted by Gasteiger charge is -2.13. The van der Waals surface area contributed by atoms with E-state index in [0.29, 0.717) is 11.7 Å². The summed E-state index contributed by atoms with van der Waals surface area (Å²) in [4.78, 5) is 12.1. The Morgan fingerprint density at radius 2 is 1.96 bits per heavy atom. The zero-order valence-electron chi connectivity index (χ0n) is 15.2. The zero-order valence-corrected chi connectivity index (χ0v) is 15.2. The minimum atomic E-state index is -0.340. The molecule has 26 heavy (non-hydrogen) atoms. The number of aromatic nitrogens is 4. The van der Waals surface area contributed by atoms with Crippen LogP contribution in [-0.4, -0.2) is 32.5 Å². The summed E-state index contributed by atoms with van der Waals surface area (Å²) in [6, 6.07) is 11.2. The smallest absolute Gasteiger partial charge is 0.415 e. The molecule has 1 aromatic carbocycles. The number of anilines is 1. The third-order valence-corrected chi connectivity index (χ3v) is 3.67. The molecule has 0 atom stereocenters. The number of ether oxygens (including phenoxy) is 1. The summed E-state index contributed by atoms with van der Waals surface area (Å²) in [6.07, 6.45) is -0.0561. The lowest BCUT2D eigenvalue weighted by Crippen LogP contribution is -2.21. The maximum atomic E-state index is 12.1. The molecule has 1 N–H and O–H groups in total. The van der Waals surface area contributed by atoms with Crippen LogP contribution in [0.25, 0.3) is 11.5 Å². The molecule has 0 saturated carbocycles. The summed E-state index contributed by atoms with van der Waals surface area (Å²) in [6.45, 7) is 5.93. The monoisotopic (exact) mass is 355 g/mol. The molecule has 136 valence electrons. The molecule has 8 heteroatoms. The standard InChI is InChI=1S/C18H21N5O3/c1-18(2,3)13-10-14(23(4)22-13)19-15(24)11-25-17-21-20-16(26-17)12-8-6-5-7-9-12/h5-10H,11H2,1-4H3,(H,19,24). The van der Waals surface area contributed by atoms with Gasteiger partial charge in [-0.2, -0.15) is 5.10 Å². The first-order chi connectivity index (χ1) is 12.3. The number of nitrogens with one attached hydrogen (secondary N) is 1. The van der Waals surface area contributed by atoms with Gasteiger partial charge in [-0.15, -0.1) is 5.10 Å². The fourth-order valence-corrected chi connectivity index (χ4v) is 2.22. The van der Waals surface area contributed by atoms with Gasteiger partial charge in [0.05, 0.1) is 5.69 Å². The van der Waals surface area contributed by atoms with Gasteiger partial charge in [0, 0.05) is 24.1 Å². The van der Waals surface area contributed by atoms with E-state index < -0.39 is 0 Å². The van der Waals surface area contributed by atoms with E-state index >= 15 is 0 Å². The molecule has 2 heterocycles. The van der Waals surface area contributed by atoms with Crippen molar-refractivity contribution in [3.05, 3.63) is 42.1 Å². The molecule has 0 radical (unpaired) electrons. The lowest BCUT2D eigenvalue weighted by atomic mass is 9.92. The Labute approximate surface area is 151 Å². The van der Waals surface area contributed by atoms with Gasteiger partial charge in [0.15, 0.2) is 6.61 Å². The average Bonchev–Trinajstić information content (AvgIpc) is 3.21. The Hall–Kier alpha value is -3.16. The summed E-state index contributed by atoms with van der Waals surface area (Å²) < 4.78 is 12.3. The van der Waals surface area contributed by atoms with Crippen LogP contribution in [0.1, 0.15) is 26.5 Å². The molecule has 8 nitrogen and oxygen atoms in total. The molecule has 0 unspecified atom stereocenters. The van der Waals surface area contributed by atoms with Gasteiger partial charge in [-0.1, -0.05) is 44.1 Å². The molecule has 1 amide bonds. The van der Waals surface area contributed by atoms with E-state index in [4.69, 9.17) is 9.15 Å². The highest BCUT2D eigenvalue weighted by atomic mass is 16.6. The van der Waals surface area contributed by atoms with Crippen LogP contribution in [0.4, 0.5) is 5.82 Å². The first-order valence-electron chi connectivity index (χ1n) is 8.19. The summed E-state index contributed by atoms with van der Waals surface area (Å²) in [5, 5.41) is 14.9. The van der Waals surface area contributed by atoms with E-state index in [1.54, 1.807) is 11.7 Å². The quantitative estimate of drug-likeness (QED) is 0.756. The molecule has 2 aromatic heterocycles. The summed E-state index contributed by atoms with van der Waals surface area (Å²) in [5.74, 6) is 0.592. The number of nitrogens with zero attached hydrogens (tertiary/aromatic N) is 4. The first-order valence-corrected chi connectivity index (χ1v) is 8.19. The molecular weight excluding hydrogens is 334 g/mol. The van der Waals surface area contributed by atoms with E-state index in [2.05, 4.69) is 41.4 Å². The second-order valence-corrected chi connectivity index (χ2v) is 6.86. The van der Waals surface area contributed by atoms with Crippen LogP contribution in [0.3, 0.4) is 0 Å². The number of carbonyl (C=O) groups excluding carboxylic acids is 1.